The number of halogens is 3. The highest BCUT2D eigenvalue weighted by molar-refractivity contribution is 7.94. The zero-order valence-electron chi connectivity index (χ0n) is 11.9. The van der Waals surface area contributed by atoms with E-state index < -0.39 is 21.6 Å². The van der Waals surface area contributed by atoms with Crippen molar-refractivity contribution in [3.05, 3.63) is 59.3 Å². The van der Waals surface area contributed by atoms with Crippen molar-refractivity contribution in [2.24, 2.45) is 0 Å². The fourth-order valence-electron chi connectivity index (χ4n) is 1.89. The predicted octanol–water partition coefficient (Wildman–Crippen LogP) is 3.55. The molecule has 0 aliphatic rings. The number of alkyl halides is 3. The van der Waals surface area contributed by atoms with Crippen molar-refractivity contribution in [3.63, 3.8) is 0 Å². The minimum atomic E-state index is -4.57. The maximum Gasteiger partial charge on any atom is 0.416 e. The van der Waals surface area contributed by atoms with Crippen molar-refractivity contribution in [2.75, 3.05) is 7.11 Å². The molecular weight excluding hydrogens is 331 g/mol. The van der Waals surface area contributed by atoms with Gasteiger partial charge in [0.2, 0.25) is 9.84 Å². The van der Waals surface area contributed by atoms with Crippen LogP contribution in [0.25, 0.3) is 6.08 Å². The van der Waals surface area contributed by atoms with Crippen LogP contribution in [0.4, 0.5) is 13.2 Å². The van der Waals surface area contributed by atoms with Crippen LogP contribution in [0.3, 0.4) is 0 Å². The lowest BCUT2D eigenvalue weighted by molar-refractivity contribution is -0.137. The number of sulfone groups is 1. The Morgan fingerprint density at radius 2 is 1.87 bits per heavy atom. The van der Waals surface area contributed by atoms with E-state index in [0.29, 0.717) is 5.41 Å². The Kier molecular flexibility index (Phi) is 4.74. The van der Waals surface area contributed by atoms with Crippen molar-refractivity contribution in [1.82, 2.24) is 4.98 Å². The summed E-state index contributed by atoms with van der Waals surface area (Å²) in [6.45, 7) is 0. The molecule has 0 unspecified atom stereocenters. The smallest absolute Gasteiger partial charge is 0.416 e. The van der Waals surface area contributed by atoms with Gasteiger partial charge in [0.05, 0.1) is 12.7 Å². The second-order valence-corrected chi connectivity index (χ2v) is 6.26. The zero-order valence-corrected chi connectivity index (χ0v) is 12.7. The molecule has 1 aromatic carbocycles. The average Bonchev–Trinajstić information content (AvgIpc) is 2.52. The van der Waals surface area contributed by atoms with Gasteiger partial charge in [-0.25, -0.2) is 8.42 Å². The molecule has 0 N–H and O–H groups in total. The monoisotopic (exact) mass is 343 g/mol. The lowest BCUT2D eigenvalue weighted by Gasteiger charge is -2.10. The summed E-state index contributed by atoms with van der Waals surface area (Å²) < 4.78 is 68.1. The molecular formula is C15H12F3NO3S. The fraction of sp³-hybridized carbons (Fsp3) is 0.133. The van der Waals surface area contributed by atoms with Crippen LogP contribution in [-0.2, 0) is 16.0 Å². The second kappa shape index (κ2) is 6.41. The Labute approximate surface area is 131 Å². The van der Waals surface area contributed by atoms with Crippen LogP contribution >= 0.6 is 0 Å². The second-order valence-electron chi connectivity index (χ2n) is 4.46. The molecule has 0 fully saturated rings. The quantitative estimate of drug-likeness (QED) is 0.852. The normalized spacial score (nSPS) is 12.5. The molecule has 8 heteroatoms. The van der Waals surface area contributed by atoms with Gasteiger partial charge in [0, 0.05) is 17.8 Å². The van der Waals surface area contributed by atoms with Gasteiger partial charge in [0.25, 0.3) is 0 Å². The van der Waals surface area contributed by atoms with Crippen LogP contribution in [-0.4, -0.2) is 20.5 Å². The molecule has 0 bridgehead atoms. The maximum atomic E-state index is 12.9. The Balaban J connectivity index is 2.45. The van der Waals surface area contributed by atoms with Gasteiger partial charge < -0.3 is 4.74 Å². The summed E-state index contributed by atoms with van der Waals surface area (Å²) in [5.41, 5.74) is -1.16. The van der Waals surface area contributed by atoms with E-state index in [0.717, 1.165) is 18.3 Å². The van der Waals surface area contributed by atoms with Gasteiger partial charge in [-0.2, -0.15) is 13.2 Å². The van der Waals surface area contributed by atoms with Gasteiger partial charge in [0.1, 0.15) is 10.6 Å². The highest BCUT2D eigenvalue weighted by Gasteiger charge is 2.32. The van der Waals surface area contributed by atoms with Gasteiger partial charge in [-0.15, -0.1) is 0 Å². The summed E-state index contributed by atoms with van der Waals surface area (Å²) in [6.07, 6.45) is -1.24. The third kappa shape index (κ3) is 3.89. The molecule has 0 radical (unpaired) electrons. The highest BCUT2D eigenvalue weighted by atomic mass is 32.2. The van der Waals surface area contributed by atoms with E-state index in [4.69, 9.17) is 4.74 Å². The molecule has 0 amide bonds. The lowest BCUT2D eigenvalue weighted by atomic mass is 10.1. The molecule has 0 aliphatic carbocycles. The number of pyridine rings is 1. The number of benzene rings is 1. The fourth-order valence-corrected chi connectivity index (χ4v) is 3.00. The summed E-state index contributed by atoms with van der Waals surface area (Å²) in [4.78, 5) is 3.48. The van der Waals surface area contributed by atoms with Crippen LogP contribution in [0, 0.1) is 0 Å². The van der Waals surface area contributed by atoms with Crippen molar-refractivity contribution in [2.45, 2.75) is 11.1 Å². The van der Waals surface area contributed by atoms with Gasteiger partial charge in [0.15, 0.2) is 0 Å². The van der Waals surface area contributed by atoms with E-state index >= 15 is 0 Å². The summed E-state index contributed by atoms with van der Waals surface area (Å²) in [5.74, 6) is 0.0637. The Hall–Kier alpha value is -2.35. The van der Waals surface area contributed by atoms with Gasteiger partial charge >= 0.3 is 6.18 Å². The largest absolute Gasteiger partial charge is 0.495 e. The minimum Gasteiger partial charge on any atom is -0.495 e. The molecule has 4 nitrogen and oxygen atoms in total. The number of hydrogen-bond acceptors (Lipinski definition) is 4. The third-order valence-corrected chi connectivity index (χ3v) is 4.38. The van der Waals surface area contributed by atoms with Crippen molar-refractivity contribution >= 4 is 15.9 Å². The zero-order chi connectivity index (χ0) is 17.1. The van der Waals surface area contributed by atoms with Crippen LogP contribution in [0.5, 0.6) is 5.75 Å². The van der Waals surface area contributed by atoms with Crippen molar-refractivity contribution in [3.8, 4) is 5.75 Å². The molecule has 23 heavy (non-hydrogen) atoms. The Morgan fingerprint density at radius 3 is 2.52 bits per heavy atom. The molecule has 1 aromatic heterocycles. The van der Waals surface area contributed by atoms with Crippen LogP contribution in [0.2, 0.25) is 0 Å². The first kappa shape index (κ1) is 17.0. The highest BCUT2D eigenvalue weighted by Crippen LogP contribution is 2.33. The van der Waals surface area contributed by atoms with Crippen molar-refractivity contribution < 1.29 is 26.3 Å². The van der Waals surface area contributed by atoms with E-state index in [1.54, 1.807) is 0 Å². The molecule has 0 saturated heterocycles. The molecule has 2 rings (SSSR count). The number of methoxy groups -OCH3 is 1. The van der Waals surface area contributed by atoms with E-state index in [1.807, 2.05) is 0 Å². The number of nitrogens with zero attached hydrogens (tertiary/aromatic N) is 1. The topological polar surface area (TPSA) is 56.3 Å². The number of aromatic nitrogens is 1. The molecule has 0 saturated carbocycles. The molecule has 0 atom stereocenters. The van der Waals surface area contributed by atoms with E-state index in [-0.39, 0.29) is 16.2 Å². The SMILES string of the molecule is COc1ccncc1S(=O)(=O)/C=C/c1ccccc1C(F)(F)F. The van der Waals surface area contributed by atoms with Crippen LogP contribution in [0.15, 0.2) is 53.0 Å². The summed E-state index contributed by atoms with van der Waals surface area (Å²) >= 11 is 0. The van der Waals surface area contributed by atoms with Gasteiger partial charge in [-0.1, -0.05) is 18.2 Å². The minimum absolute atomic E-state index is 0.0637. The molecule has 0 spiro atoms. The van der Waals surface area contributed by atoms with Gasteiger partial charge in [-0.05, 0) is 23.8 Å². The van der Waals surface area contributed by atoms with Crippen LogP contribution in [0.1, 0.15) is 11.1 Å². The van der Waals surface area contributed by atoms with Crippen LogP contribution < -0.4 is 4.74 Å². The Morgan fingerprint density at radius 1 is 1.17 bits per heavy atom. The van der Waals surface area contributed by atoms with E-state index in [9.17, 15) is 21.6 Å². The van der Waals surface area contributed by atoms with Crippen molar-refractivity contribution in [1.29, 1.82) is 0 Å². The van der Waals surface area contributed by atoms with E-state index in [2.05, 4.69) is 4.98 Å². The third-order valence-electron chi connectivity index (χ3n) is 2.97. The summed E-state index contributed by atoms with van der Waals surface area (Å²) in [6, 6.07) is 6.06. The first-order chi connectivity index (χ1) is 10.8. The maximum absolute atomic E-state index is 12.9. The Bertz CT molecular complexity index is 830. The number of hydrogen-bond donors (Lipinski definition) is 0. The van der Waals surface area contributed by atoms with E-state index in [1.165, 1.54) is 37.6 Å². The molecule has 122 valence electrons. The first-order valence-corrected chi connectivity index (χ1v) is 7.88. The number of rotatable bonds is 4. The van der Waals surface area contributed by atoms with Gasteiger partial charge in [-0.3, -0.25) is 4.98 Å². The molecule has 2 aromatic rings. The summed E-state index contributed by atoms with van der Waals surface area (Å²) in [7, 11) is -2.71. The first-order valence-electron chi connectivity index (χ1n) is 6.33. The summed E-state index contributed by atoms with van der Waals surface area (Å²) in [5, 5.41) is 0.705. The average molecular weight is 343 g/mol. The number of ether oxygens (including phenoxy) is 1. The molecule has 1 heterocycles. The standard InChI is InChI=1S/C15H12F3NO3S/c1-22-13-6-8-19-10-14(13)23(20,21)9-7-11-4-2-3-5-12(11)15(16,17)18/h2-10H,1H3/b9-7+. The lowest BCUT2D eigenvalue weighted by Crippen LogP contribution is -2.07. The predicted molar refractivity (Wildman–Crippen MR) is 78.5 cm³/mol. The molecule has 0 aliphatic heterocycles.